The summed E-state index contributed by atoms with van der Waals surface area (Å²) in [4.78, 5) is 22.3. The maximum atomic E-state index is 11.5. The second kappa shape index (κ2) is 4.09. The van der Waals surface area contributed by atoms with Crippen molar-refractivity contribution in [2.24, 2.45) is 0 Å². The molecule has 0 bridgehead atoms. The van der Waals surface area contributed by atoms with Crippen molar-refractivity contribution in [3.8, 4) is 0 Å². The summed E-state index contributed by atoms with van der Waals surface area (Å²) in [5, 5.41) is 0. The van der Waals surface area contributed by atoms with Gasteiger partial charge in [-0.05, 0) is 27.2 Å². The molecule has 0 aliphatic carbocycles. The molecule has 0 aromatic heterocycles. The number of carbonyl (C=O) groups excluding carboxylic acids is 2. The van der Waals surface area contributed by atoms with Crippen LogP contribution in [0, 0.1) is 0 Å². The summed E-state index contributed by atoms with van der Waals surface area (Å²) < 4.78 is 10.1. The molecule has 2 atom stereocenters. The fourth-order valence-corrected chi connectivity index (χ4v) is 1.47. The Balaban J connectivity index is 2.51. The normalized spacial score (nSPS) is 29.8. The van der Waals surface area contributed by atoms with Crippen LogP contribution in [0.4, 0.5) is 0 Å². The molecule has 0 spiro atoms. The minimum atomic E-state index is -0.832. The van der Waals surface area contributed by atoms with E-state index in [9.17, 15) is 9.59 Å². The number of Topliss-reactive ketones (excluding diaryl/α,β-unsaturated/α-hetero) is 1. The zero-order valence-corrected chi connectivity index (χ0v) is 8.83. The van der Waals surface area contributed by atoms with E-state index in [-0.39, 0.29) is 17.9 Å². The Morgan fingerprint density at radius 3 is 2.43 bits per heavy atom. The van der Waals surface area contributed by atoms with Gasteiger partial charge in [0.1, 0.15) is 5.78 Å². The van der Waals surface area contributed by atoms with E-state index in [1.165, 1.54) is 6.92 Å². The highest BCUT2D eigenvalue weighted by atomic mass is 16.7. The van der Waals surface area contributed by atoms with Crippen molar-refractivity contribution >= 4 is 11.8 Å². The monoisotopic (exact) mass is 200 g/mol. The first-order chi connectivity index (χ1) is 6.53. The smallest absolute Gasteiger partial charge is 0.341 e. The largest absolute Gasteiger partial charge is 0.464 e. The minimum absolute atomic E-state index is 0.0661. The third kappa shape index (κ3) is 2.12. The molecule has 0 aromatic carbocycles. The van der Waals surface area contributed by atoms with Crippen LogP contribution >= 0.6 is 0 Å². The van der Waals surface area contributed by atoms with Gasteiger partial charge in [0.25, 0.3) is 0 Å². The summed E-state index contributed by atoms with van der Waals surface area (Å²) in [6.45, 7) is 5.42. The molecule has 4 heteroatoms. The van der Waals surface area contributed by atoms with Crippen LogP contribution in [0.25, 0.3) is 0 Å². The van der Waals surface area contributed by atoms with Gasteiger partial charge in [-0.2, -0.15) is 0 Å². The van der Waals surface area contributed by atoms with Gasteiger partial charge in [-0.25, -0.2) is 4.79 Å². The molecule has 0 saturated carbocycles. The van der Waals surface area contributed by atoms with Gasteiger partial charge in [0, 0.05) is 6.42 Å². The molecular weight excluding hydrogens is 184 g/mol. The highest BCUT2D eigenvalue weighted by Crippen LogP contribution is 2.41. The Hall–Kier alpha value is -0.900. The average molecular weight is 200 g/mol. The van der Waals surface area contributed by atoms with E-state index in [1.807, 2.05) is 6.92 Å². The van der Waals surface area contributed by atoms with Crippen molar-refractivity contribution in [2.75, 3.05) is 6.61 Å². The van der Waals surface area contributed by atoms with E-state index in [0.717, 1.165) is 0 Å². The molecule has 4 nitrogen and oxygen atoms in total. The molecule has 1 aliphatic heterocycles. The molecule has 0 aromatic rings. The summed E-state index contributed by atoms with van der Waals surface area (Å²) in [6.07, 6.45) is 0.673. The zero-order chi connectivity index (χ0) is 10.8. The van der Waals surface area contributed by atoms with Gasteiger partial charge in [-0.3, -0.25) is 0 Å². The van der Waals surface area contributed by atoms with E-state index in [0.29, 0.717) is 19.4 Å². The van der Waals surface area contributed by atoms with Crippen LogP contribution in [0.2, 0.25) is 0 Å². The Bertz CT molecular complexity index is 249. The number of rotatable bonds is 5. The van der Waals surface area contributed by atoms with Crippen LogP contribution < -0.4 is 0 Å². The SMILES string of the molecule is CCOC(=O)C1(CCC(C)=O)OC1C. The van der Waals surface area contributed by atoms with Crippen molar-refractivity contribution in [2.45, 2.75) is 45.3 Å². The van der Waals surface area contributed by atoms with Gasteiger partial charge in [0.15, 0.2) is 5.60 Å². The second-order valence-corrected chi connectivity index (χ2v) is 3.57. The fraction of sp³-hybridized carbons (Fsp3) is 0.800. The number of carbonyl (C=O) groups is 2. The summed E-state index contributed by atoms with van der Waals surface area (Å²) in [7, 11) is 0. The molecule has 14 heavy (non-hydrogen) atoms. The minimum Gasteiger partial charge on any atom is -0.464 e. The molecule has 80 valence electrons. The Kier molecular flexibility index (Phi) is 3.26. The van der Waals surface area contributed by atoms with Crippen LogP contribution in [0.15, 0.2) is 0 Å². The van der Waals surface area contributed by atoms with Gasteiger partial charge in [0.2, 0.25) is 0 Å². The predicted octanol–water partition coefficient (Wildman–Crippen LogP) is 1.08. The van der Waals surface area contributed by atoms with Crippen molar-refractivity contribution in [1.29, 1.82) is 0 Å². The van der Waals surface area contributed by atoms with E-state index in [4.69, 9.17) is 9.47 Å². The van der Waals surface area contributed by atoms with Crippen LogP contribution in [0.1, 0.15) is 33.6 Å². The van der Waals surface area contributed by atoms with E-state index >= 15 is 0 Å². The lowest BCUT2D eigenvalue weighted by Crippen LogP contribution is -2.29. The molecule has 0 radical (unpaired) electrons. The standard InChI is InChI=1S/C10H16O4/c1-4-13-9(12)10(8(3)14-10)6-5-7(2)11/h8H,4-6H2,1-3H3. The summed E-state index contributed by atoms with van der Waals surface area (Å²) in [5.74, 6) is -0.273. The molecular formula is C10H16O4. The lowest BCUT2D eigenvalue weighted by Gasteiger charge is -2.09. The van der Waals surface area contributed by atoms with Crippen molar-refractivity contribution in [3.05, 3.63) is 0 Å². The molecule has 1 fully saturated rings. The quantitative estimate of drug-likeness (QED) is 0.492. The topological polar surface area (TPSA) is 55.9 Å². The summed E-state index contributed by atoms with van der Waals surface area (Å²) in [5.41, 5.74) is -0.832. The molecule has 1 saturated heterocycles. The van der Waals surface area contributed by atoms with Gasteiger partial charge in [-0.15, -0.1) is 0 Å². The van der Waals surface area contributed by atoms with Crippen LogP contribution in [-0.4, -0.2) is 30.1 Å². The Morgan fingerprint density at radius 1 is 1.50 bits per heavy atom. The lowest BCUT2D eigenvalue weighted by atomic mass is 9.99. The maximum absolute atomic E-state index is 11.5. The summed E-state index contributed by atoms with van der Waals surface area (Å²) >= 11 is 0. The van der Waals surface area contributed by atoms with Crippen LogP contribution in [0.5, 0.6) is 0 Å². The second-order valence-electron chi connectivity index (χ2n) is 3.57. The molecule has 2 unspecified atom stereocenters. The first-order valence-corrected chi connectivity index (χ1v) is 4.87. The summed E-state index contributed by atoms with van der Waals surface area (Å²) in [6, 6.07) is 0. The van der Waals surface area contributed by atoms with Gasteiger partial charge in [0.05, 0.1) is 12.7 Å². The van der Waals surface area contributed by atoms with Gasteiger partial charge in [-0.1, -0.05) is 0 Å². The highest BCUT2D eigenvalue weighted by molar-refractivity contribution is 5.84. The Morgan fingerprint density at radius 2 is 2.07 bits per heavy atom. The van der Waals surface area contributed by atoms with Crippen molar-refractivity contribution in [1.82, 2.24) is 0 Å². The third-order valence-electron chi connectivity index (χ3n) is 2.46. The van der Waals surface area contributed by atoms with Crippen LogP contribution in [0.3, 0.4) is 0 Å². The maximum Gasteiger partial charge on any atom is 0.341 e. The van der Waals surface area contributed by atoms with Gasteiger partial charge < -0.3 is 14.3 Å². The number of epoxide rings is 1. The highest BCUT2D eigenvalue weighted by Gasteiger charge is 2.60. The fourth-order valence-electron chi connectivity index (χ4n) is 1.47. The molecule has 0 N–H and O–H groups in total. The zero-order valence-electron chi connectivity index (χ0n) is 8.83. The predicted molar refractivity (Wildman–Crippen MR) is 49.8 cm³/mol. The number of ether oxygens (including phenoxy) is 2. The average Bonchev–Trinajstić information content (AvgIpc) is 2.75. The number of ketones is 1. The third-order valence-corrected chi connectivity index (χ3v) is 2.46. The molecule has 1 rings (SSSR count). The van der Waals surface area contributed by atoms with E-state index in [1.54, 1.807) is 6.92 Å². The molecule has 1 aliphatic rings. The number of hydrogen-bond donors (Lipinski definition) is 0. The number of hydrogen-bond acceptors (Lipinski definition) is 4. The molecule has 1 heterocycles. The Labute approximate surface area is 83.6 Å². The van der Waals surface area contributed by atoms with Crippen LogP contribution in [-0.2, 0) is 19.1 Å². The van der Waals surface area contributed by atoms with E-state index < -0.39 is 5.60 Å². The first kappa shape index (κ1) is 11.2. The van der Waals surface area contributed by atoms with E-state index in [2.05, 4.69) is 0 Å². The first-order valence-electron chi connectivity index (χ1n) is 4.87. The van der Waals surface area contributed by atoms with Crippen molar-refractivity contribution in [3.63, 3.8) is 0 Å². The van der Waals surface area contributed by atoms with Crippen molar-refractivity contribution < 1.29 is 19.1 Å². The lowest BCUT2D eigenvalue weighted by molar-refractivity contribution is -0.149. The molecule has 0 amide bonds. The number of esters is 1. The van der Waals surface area contributed by atoms with Gasteiger partial charge >= 0.3 is 5.97 Å².